The molecule has 4 aromatic carbocycles. The summed E-state index contributed by atoms with van der Waals surface area (Å²) in [5.41, 5.74) is 2.53. The molecule has 0 saturated carbocycles. The average molecular weight is 591 g/mol. The first-order valence-electron chi connectivity index (χ1n) is 11.0. The standard InChI is InChI=1S/C29H22Br2NOP/c30-27-17-16-23(28-22(20-33)18-19-32-29(27)28)21-34(31,24-10-4-1-5-11-24,25-12-6-2-7-13-25)26-14-8-3-9-15-26/h1-20H,21H2. The van der Waals surface area contributed by atoms with Crippen molar-refractivity contribution in [2.75, 3.05) is 0 Å². The number of fused-ring (bicyclic) bond motifs is 1. The summed E-state index contributed by atoms with van der Waals surface area (Å²) in [4.78, 5) is 16.7. The summed E-state index contributed by atoms with van der Waals surface area (Å²) in [5.74, 6) is 0. The van der Waals surface area contributed by atoms with Gasteiger partial charge in [0.05, 0.1) is 0 Å². The van der Waals surface area contributed by atoms with E-state index in [4.69, 9.17) is 0 Å². The molecule has 5 aromatic rings. The van der Waals surface area contributed by atoms with E-state index in [-0.39, 0.29) is 0 Å². The normalized spacial score (nSPS) is 12.7. The summed E-state index contributed by atoms with van der Waals surface area (Å²) >= 11 is 8.16. The van der Waals surface area contributed by atoms with Gasteiger partial charge in [-0.25, -0.2) is 0 Å². The van der Waals surface area contributed by atoms with E-state index in [0.717, 1.165) is 27.2 Å². The van der Waals surface area contributed by atoms with Crippen LogP contribution in [-0.4, -0.2) is 11.3 Å². The molecule has 0 aliphatic carbocycles. The number of carbonyl (C=O) groups is 1. The third-order valence-corrected chi connectivity index (χ3v) is 16.6. The molecule has 0 atom stereocenters. The molecule has 168 valence electrons. The van der Waals surface area contributed by atoms with Gasteiger partial charge in [0, 0.05) is 0 Å². The second-order valence-corrected chi connectivity index (χ2v) is 18.1. The molecule has 5 heteroatoms. The Kier molecular flexibility index (Phi) is 6.24. The van der Waals surface area contributed by atoms with E-state index < -0.39 is 5.31 Å². The number of pyridine rings is 1. The van der Waals surface area contributed by atoms with Gasteiger partial charge in [0.25, 0.3) is 0 Å². The molecule has 0 unspecified atom stereocenters. The van der Waals surface area contributed by atoms with Crippen molar-refractivity contribution >= 4 is 69.8 Å². The van der Waals surface area contributed by atoms with Gasteiger partial charge < -0.3 is 0 Å². The number of aromatic nitrogens is 1. The molecular formula is C29H22Br2NOP. The van der Waals surface area contributed by atoms with Crippen molar-refractivity contribution in [3.8, 4) is 0 Å². The third-order valence-electron chi connectivity index (χ3n) is 6.44. The maximum absolute atomic E-state index is 12.1. The summed E-state index contributed by atoms with van der Waals surface area (Å²) < 4.78 is 0.879. The summed E-state index contributed by atoms with van der Waals surface area (Å²) in [5, 5.41) is 1.39. The number of nitrogens with zero attached hydrogens (tertiary/aromatic N) is 1. The van der Waals surface area contributed by atoms with E-state index in [9.17, 15) is 4.79 Å². The van der Waals surface area contributed by atoms with Crippen LogP contribution in [0.1, 0.15) is 15.9 Å². The summed E-state index contributed by atoms with van der Waals surface area (Å²) in [7, 11) is 0. The Morgan fingerprint density at radius 1 is 0.706 bits per heavy atom. The van der Waals surface area contributed by atoms with E-state index in [2.05, 4.69) is 133 Å². The number of rotatable bonds is 6. The molecule has 0 aliphatic rings. The van der Waals surface area contributed by atoms with E-state index in [1.165, 1.54) is 15.9 Å². The van der Waals surface area contributed by atoms with Crippen LogP contribution in [0.15, 0.2) is 120 Å². The maximum atomic E-state index is 12.1. The summed E-state index contributed by atoms with van der Waals surface area (Å²) in [6.07, 6.45) is 3.32. The minimum atomic E-state index is -3.20. The first-order chi connectivity index (χ1) is 16.6. The van der Waals surface area contributed by atoms with E-state index in [1.54, 1.807) is 12.3 Å². The first kappa shape index (κ1) is 23.1. The van der Waals surface area contributed by atoms with Gasteiger partial charge in [0.1, 0.15) is 0 Å². The molecular weight excluding hydrogens is 569 g/mol. The van der Waals surface area contributed by atoms with Crippen molar-refractivity contribution in [3.05, 3.63) is 131 Å². The predicted molar refractivity (Wildman–Crippen MR) is 153 cm³/mol. The predicted octanol–water partition coefficient (Wildman–Crippen LogP) is 7.15. The van der Waals surface area contributed by atoms with E-state index in [1.807, 2.05) is 6.07 Å². The van der Waals surface area contributed by atoms with Crippen LogP contribution in [0.5, 0.6) is 0 Å². The minimum absolute atomic E-state index is 0.646. The van der Waals surface area contributed by atoms with Gasteiger partial charge in [-0.15, -0.1) is 0 Å². The van der Waals surface area contributed by atoms with Gasteiger partial charge in [-0.1, -0.05) is 0 Å². The molecule has 1 heterocycles. The third kappa shape index (κ3) is 3.65. The van der Waals surface area contributed by atoms with Gasteiger partial charge in [-0.05, 0) is 0 Å². The topological polar surface area (TPSA) is 30.0 Å². The van der Waals surface area contributed by atoms with Crippen LogP contribution in [0.3, 0.4) is 0 Å². The SMILES string of the molecule is O=Cc1ccnc2c(Br)ccc(CP(Br)(c3ccccc3)(c3ccccc3)c3ccccc3)c12. The second-order valence-electron chi connectivity index (χ2n) is 8.30. The Hall–Kier alpha value is -2.65. The second kappa shape index (κ2) is 9.19. The van der Waals surface area contributed by atoms with Gasteiger partial charge >= 0.3 is 217 Å². The fourth-order valence-corrected chi connectivity index (χ4v) is 12.9. The van der Waals surface area contributed by atoms with Gasteiger partial charge in [0.2, 0.25) is 0 Å². The van der Waals surface area contributed by atoms with E-state index in [0.29, 0.717) is 11.7 Å². The summed E-state index contributed by atoms with van der Waals surface area (Å²) in [6.45, 7) is 0. The number of benzene rings is 4. The van der Waals surface area contributed by atoms with Crippen molar-refractivity contribution in [1.82, 2.24) is 4.98 Å². The molecule has 1 aromatic heterocycles. The van der Waals surface area contributed by atoms with Crippen molar-refractivity contribution in [3.63, 3.8) is 0 Å². The van der Waals surface area contributed by atoms with Gasteiger partial charge in [-0.3, -0.25) is 0 Å². The molecule has 0 aliphatic heterocycles. The fraction of sp³-hybridized carbons (Fsp3) is 0.0345. The molecule has 0 spiro atoms. The Bertz CT molecular complexity index is 1370. The monoisotopic (exact) mass is 589 g/mol. The molecule has 0 radical (unpaired) electrons. The van der Waals surface area contributed by atoms with Gasteiger partial charge in [0.15, 0.2) is 0 Å². The number of hydrogen-bond donors (Lipinski definition) is 0. The van der Waals surface area contributed by atoms with Crippen molar-refractivity contribution in [2.45, 2.75) is 6.16 Å². The van der Waals surface area contributed by atoms with Crippen LogP contribution in [-0.2, 0) is 6.16 Å². The zero-order valence-corrected chi connectivity index (χ0v) is 22.4. The van der Waals surface area contributed by atoms with Crippen LogP contribution in [0, 0.1) is 0 Å². The van der Waals surface area contributed by atoms with Crippen LogP contribution in [0.25, 0.3) is 10.9 Å². The van der Waals surface area contributed by atoms with Crippen LogP contribution in [0.2, 0.25) is 0 Å². The molecule has 34 heavy (non-hydrogen) atoms. The Morgan fingerprint density at radius 3 is 1.68 bits per heavy atom. The molecule has 0 saturated heterocycles. The molecule has 0 amide bonds. The van der Waals surface area contributed by atoms with Crippen LogP contribution < -0.4 is 15.9 Å². The molecule has 5 rings (SSSR count). The number of carbonyl (C=O) groups excluding carboxylic acids is 1. The average Bonchev–Trinajstić information content (AvgIpc) is 2.91. The van der Waals surface area contributed by atoms with Crippen molar-refractivity contribution < 1.29 is 4.79 Å². The van der Waals surface area contributed by atoms with Crippen molar-refractivity contribution in [2.24, 2.45) is 0 Å². The molecule has 0 N–H and O–H groups in total. The number of aldehydes is 1. The van der Waals surface area contributed by atoms with E-state index >= 15 is 0 Å². The quantitative estimate of drug-likeness (QED) is 0.155. The zero-order chi connectivity index (χ0) is 23.6. The van der Waals surface area contributed by atoms with Crippen LogP contribution >= 0.6 is 36.7 Å². The Balaban J connectivity index is 1.92. The number of halogens is 2. The Morgan fingerprint density at radius 2 is 1.21 bits per heavy atom. The molecule has 0 fully saturated rings. The summed E-state index contributed by atoms with van der Waals surface area (Å²) in [6, 6.07) is 38.0. The van der Waals surface area contributed by atoms with Gasteiger partial charge in [-0.2, -0.15) is 0 Å². The molecule has 0 bridgehead atoms. The fourth-order valence-electron chi connectivity index (χ4n) is 4.82. The number of hydrogen-bond acceptors (Lipinski definition) is 2. The first-order valence-corrected chi connectivity index (χ1v) is 16.2. The molecule has 2 nitrogen and oxygen atoms in total. The Labute approximate surface area is 215 Å². The van der Waals surface area contributed by atoms with Crippen molar-refractivity contribution in [1.29, 1.82) is 0 Å². The zero-order valence-electron chi connectivity index (χ0n) is 18.3. The van der Waals surface area contributed by atoms with Crippen LogP contribution in [0.4, 0.5) is 0 Å².